The topological polar surface area (TPSA) is 180 Å². The van der Waals surface area contributed by atoms with Gasteiger partial charge in [-0.3, -0.25) is 9.59 Å². The van der Waals surface area contributed by atoms with Gasteiger partial charge in [0.1, 0.15) is 0 Å². The van der Waals surface area contributed by atoms with Crippen molar-refractivity contribution in [3.05, 3.63) is 32.0 Å². The summed E-state index contributed by atoms with van der Waals surface area (Å²) in [6.45, 7) is 5.79. The first-order valence-corrected chi connectivity index (χ1v) is 10.8. The van der Waals surface area contributed by atoms with E-state index in [4.69, 9.17) is 5.73 Å². The highest BCUT2D eigenvalue weighted by molar-refractivity contribution is 7.14. The lowest BCUT2D eigenvalue weighted by molar-refractivity contribution is -0.525. The molecule has 6 N–H and O–H groups in total. The second-order valence-corrected chi connectivity index (χ2v) is 8.96. The van der Waals surface area contributed by atoms with Gasteiger partial charge in [-0.15, -0.1) is 11.3 Å². The number of ketones is 1. The van der Waals surface area contributed by atoms with Crippen LogP contribution in [0.1, 0.15) is 61.5 Å². The van der Waals surface area contributed by atoms with E-state index in [1.54, 1.807) is 11.5 Å². The molecule has 180 valence electrons. The van der Waals surface area contributed by atoms with Crippen molar-refractivity contribution in [3.8, 4) is 0 Å². The molecule has 0 radical (unpaired) electrons. The third-order valence-corrected chi connectivity index (χ3v) is 5.47. The highest BCUT2D eigenvalue weighted by Gasteiger charge is 2.30. The molecule has 0 aliphatic carbocycles. The first-order valence-electron chi connectivity index (χ1n) is 9.96. The normalized spacial score (nSPS) is 13.1. The van der Waals surface area contributed by atoms with E-state index in [-0.39, 0.29) is 44.5 Å². The molecular weight excluding hydrogens is 437 g/mol. The zero-order valence-corrected chi connectivity index (χ0v) is 18.7. The number of guanidine groups is 1. The van der Waals surface area contributed by atoms with Crippen molar-refractivity contribution < 1.29 is 24.7 Å². The SMILES string of the molecule is C.Cc1ccc(C(=O)C[C@@H](CCCN=C(N)N[N+](=O)[O-])C(=O)N[C@@H](CC(C)C)B(O)O)s1. The van der Waals surface area contributed by atoms with Crippen LogP contribution in [0.25, 0.3) is 0 Å². The van der Waals surface area contributed by atoms with Gasteiger partial charge < -0.3 is 21.1 Å². The number of hydrazine groups is 1. The van der Waals surface area contributed by atoms with Crippen molar-refractivity contribution in [1.29, 1.82) is 0 Å². The van der Waals surface area contributed by atoms with Crippen LogP contribution < -0.4 is 16.5 Å². The zero-order chi connectivity index (χ0) is 23.6. The third kappa shape index (κ3) is 11.2. The fraction of sp³-hybridized carbons (Fsp3) is 0.632. The highest BCUT2D eigenvalue weighted by Crippen LogP contribution is 2.22. The smallest absolute Gasteiger partial charge is 0.426 e. The maximum atomic E-state index is 12.8. The molecule has 0 aliphatic rings. The summed E-state index contributed by atoms with van der Waals surface area (Å²) < 4.78 is 0. The number of hydrogen-bond acceptors (Lipinski definition) is 8. The molecule has 0 saturated carbocycles. The molecule has 11 nitrogen and oxygen atoms in total. The molecule has 0 aliphatic heterocycles. The van der Waals surface area contributed by atoms with Crippen LogP contribution >= 0.6 is 11.3 Å². The average Bonchev–Trinajstić information content (AvgIpc) is 3.08. The molecule has 1 amide bonds. The first kappa shape index (κ1) is 29.5. The Balaban J connectivity index is 0.00000961. The summed E-state index contributed by atoms with van der Waals surface area (Å²) in [6, 6.07) is 3.54. The number of amides is 1. The Morgan fingerprint density at radius 1 is 1.34 bits per heavy atom. The Labute approximate surface area is 192 Å². The number of nitrogens with one attached hydrogen (secondary N) is 2. The number of thiophene rings is 1. The van der Waals surface area contributed by atoms with E-state index < -0.39 is 29.9 Å². The minimum Gasteiger partial charge on any atom is -0.426 e. The minimum atomic E-state index is -1.72. The van der Waals surface area contributed by atoms with Crippen molar-refractivity contribution >= 4 is 36.1 Å². The zero-order valence-electron chi connectivity index (χ0n) is 17.9. The number of rotatable bonds is 13. The van der Waals surface area contributed by atoms with Crippen molar-refractivity contribution in [2.45, 2.75) is 59.8 Å². The number of nitrogens with two attached hydrogens (primary N) is 1. The molecule has 13 heteroatoms. The lowest BCUT2D eigenvalue weighted by Crippen LogP contribution is -2.49. The molecule has 0 aromatic carbocycles. The van der Waals surface area contributed by atoms with Gasteiger partial charge in [0.15, 0.2) is 10.8 Å². The van der Waals surface area contributed by atoms with Crippen LogP contribution in [-0.2, 0) is 4.79 Å². The quantitative estimate of drug-likeness (QED) is 0.0543. The van der Waals surface area contributed by atoms with E-state index in [1.807, 2.05) is 26.8 Å². The monoisotopic (exact) mass is 471 g/mol. The van der Waals surface area contributed by atoms with Crippen LogP contribution in [0.5, 0.6) is 0 Å². The molecule has 1 aromatic rings. The molecule has 1 aromatic heterocycles. The summed E-state index contributed by atoms with van der Waals surface area (Å²) in [5, 5.41) is 31.3. The largest absolute Gasteiger partial charge is 0.475 e. The summed E-state index contributed by atoms with van der Waals surface area (Å²) in [5.74, 6) is -2.44. The number of nitrogens with zero attached hydrogens (tertiary/aromatic N) is 2. The number of aryl methyl sites for hydroxylation is 1. The van der Waals surface area contributed by atoms with E-state index in [0.29, 0.717) is 17.7 Å². The lowest BCUT2D eigenvalue weighted by atomic mass is 9.74. The molecule has 2 atom stereocenters. The second kappa shape index (κ2) is 14.5. The van der Waals surface area contributed by atoms with Crippen molar-refractivity contribution in [1.82, 2.24) is 10.7 Å². The van der Waals surface area contributed by atoms with Gasteiger partial charge in [0.05, 0.1) is 10.8 Å². The number of hydrogen-bond donors (Lipinski definition) is 5. The van der Waals surface area contributed by atoms with Crippen molar-refractivity contribution in [2.24, 2.45) is 22.6 Å². The van der Waals surface area contributed by atoms with E-state index in [9.17, 15) is 29.8 Å². The van der Waals surface area contributed by atoms with E-state index in [0.717, 1.165) is 4.88 Å². The lowest BCUT2D eigenvalue weighted by Gasteiger charge is -2.23. The van der Waals surface area contributed by atoms with Gasteiger partial charge in [-0.25, -0.2) is 15.1 Å². The van der Waals surface area contributed by atoms with Crippen molar-refractivity contribution in [2.75, 3.05) is 6.54 Å². The fourth-order valence-electron chi connectivity index (χ4n) is 2.96. The van der Waals surface area contributed by atoms with Crippen LogP contribution in [0.2, 0.25) is 0 Å². The van der Waals surface area contributed by atoms with Crippen LogP contribution in [-0.4, -0.2) is 52.3 Å². The fourth-order valence-corrected chi connectivity index (χ4v) is 3.78. The minimum absolute atomic E-state index is 0. The third-order valence-electron chi connectivity index (χ3n) is 4.43. The molecule has 0 unspecified atom stereocenters. The van der Waals surface area contributed by atoms with E-state index in [2.05, 4.69) is 10.3 Å². The van der Waals surface area contributed by atoms with Gasteiger partial charge in [0.25, 0.3) is 5.96 Å². The molecule has 0 saturated heterocycles. The molecule has 1 rings (SSSR count). The van der Waals surface area contributed by atoms with Gasteiger partial charge in [-0.1, -0.05) is 26.7 Å². The molecule has 32 heavy (non-hydrogen) atoms. The number of nitro groups is 1. The molecular formula is C19H34BN5O6S. The maximum Gasteiger partial charge on any atom is 0.475 e. The first-order chi connectivity index (χ1) is 14.5. The van der Waals surface area contributed by atoms with E-state index in [1.165, 1.54) is 11.3 Å². The van der Waals surface area contributed by atoms with Crippen molar-refractivity contribution in [3.63, 3.8) is 0 Å². The number of aliphatic imine (C=N–C) groups is 1. The van der Waals surface area contributed by atoms with Gasteiger partial charge >= 0.3 is 7.12 Å². The Morgan fingerprint density at radius 2 is 2.00 bits per heavy atom. The van der Waals surface area contributed by atoms with Crippen LogP contribution in [0.3, 0.4) is 0 Å². The summed E-state index contributed by atoms with van der Waals surface area (Å²) >= 11 is 1.34. The summed E-state index contributed by atoms with van der Waals surface area (Å²) in [6.07, 6.45) is 0.939. The standard InChI is InChI=1S/C18H30BN5O6S.CH4/c1-11(2)9-16(19(27)28)22-17(26)13(5-4-8-21-18(20)23-24(29)30)10-14(25)15-7-6-12(3)31-15;/h6-7,11,13,16,27-28H,4-5,8-10H2,1-3H3,(H,22,26)(H3,20,21,23);1H4/t13-,16+;/m1./s1. The predicted octanol–water partition coefficient (Wildman–Crippen LogP) is 1.30. The Hall–Kier alpha value is -2.51. The van der Waals surface area contributed by atoms with Gasteiger partial charge in [-0.05, 0) is 44.2 Å². The summed E-state index contributed by atoms with van der Waals surface area (Å²) in [7, 11) is -1.72. The number of Topliss-reactive ketones (excluding diaryl/α,β-unsaturated/α-hetero) is 1. The Bertz CT molecular complexity index is 786. The number of carbonyl (C=O) groups excluding carboxylic acids is 2. The molecule has 0 spiro atoms. The van der Waals surface area contributed by atoms with E-state index >= 15 is 0 Å². The molecule has 1 heterocycles. The summed E-state index contributed by atoms with van der Waals surface area (Å²) in [4.78, 5) is 41.1. The predicted molar refractivity (Wildman–Crippen MR) is 126 cm³/mol. The summed E-state index contributed by atoms with van der Waals surface area (Å²) in [5.41, 5.74) is 7.09. The second-order valence-electron chi connectivity index (χ2n) is 7.67. The number of carbonyl (C=O) groups is 2. The van der Waals surface area contributed by atoms with Gasteiger partial charge in [-0.2, -0.15) is 0 Å². The highest BCUT2D eigenvalue weighted by atomic mass is 32.1. The van der Waals surface area contributed by atoms with Gasteiger partial charge in [0, 0.05) is 23.8 Å². The molecule has 0 bridgehead atoms. The Kier molecular flexibility index (Phi) is 13.4. The average molecular weight is 471 g/mol. The van der Waals surface area contributed by atoms with Crippen LogP contribution in [0, 0.1) is 28.9 Å². The molecule has 0 fully saturated rings. The maximum absolute atomic E-state index is 12.8. The van der Waals surface area contributed by atoms with Gasteiger partial charge in [0.2, 0.25) is 5.91 Å². The van der Waals surface area contributed by atoms with Crippen LogP contribution in [0.4, 0.5) is 0 Å². The van der Waals surface area contributed by atoms with Crippen LogP contribution in [0.15, 0.2) is 17.1 Å². The Morgan fingerprint density at radius 3 is 2.50 bits per heavy atom.